The highest BCUT2D eigenvalue weighted by Crippen LogP contribution is 2.43. The lowest BCUT2D eigenvalue weighted by Gasteiger charge is -2.25. The van der Waals surface area contributed by atoms with Crippen LogP contribution in [0.1, 0.15) is 38.7 Å². The highest BCUT2D eigenvalue weighted by molar-refractivity contribution is 5.93. The van der Waals surface area contributed by atoms with Crippen LogP contribution in [0.4, 0.5) is 10.1 Å². The molecule has 1 saturated carbocycles. The van der Waals surface area contributed by atoms with E-state index in [1.165, 1.54) is 18.2 Å². The number of hydrogen-bond acceptors (Lipinski definition) is 2. The van der Waals surface area contributed by atoms with Crippen molar-refractivity contribution in [1.29, 1.82) is 5.26 Å². The normalized spacial score (nSPS) is 20.8. The van der Waals surface area contributed by atoms with Crippen molar-refractivity contribution in [3.05, 3.63) is 29.6 Å². The van der Waals surface area contributed by atoms with E-state index in [0.29, 0.717) is 5.69 Å². The number of nitrogens with one attached hydrogen (secondary N) is 1. The molecule has 19 heavy (non-hydrogen) atoms. The van der Waals surface area contributed by atoms with Crippen molar-refractivity contribution < 1.29 is 9.18 Å². The van der Waals surface area contributed by atoms with E-state index < -0.39 is 5.82 Å². The Kier molecular flexibility index (Phi) is 3.57. The third-order valence-electron chi connectivity index (χ3n) is 3.93. The van der Waals surface area contributed by atoms with Crippen molar-refractivity contribution >= 4 is 11.6 Å². The molecule has 0 radical (unpaired) electrons. The van der Waals surface area contributed by atoms with E-state index in [9.17, 15) is 9.18 Å². The smallest absolute Gasteiger partial charge is 0.228 e. The summed E-state index contributed by atoms with van der Waals surface area (Å²) in [6.07, 6.45) is 2.97. The standard InChI is InChI=1S/C15H17FN2O/c1-15(2)7-3-4-12(15)14(19)18-11-5-6-13(16)10(8-11)9-17/h5-6,8,12H,3-4,7H2,1-2H3,(H,18,19). The minimum Gasteiger partial charge on any atom is -0.326 e. The van der Waals surface area contributed by atoms with Crippen molar-refractivity contribution in [2.75, 3.05) is 5.32 Å². The van der Waals surface area contributed by atoms with Crippen molar-refractivity contribution in [1.82, 2.24) is 0 Å². The molecule has 100 valence electrons. The van der Waals surface area contributed by atoms with Crippen LogP contribution in [0.15, 0.2) is 18.2 Å². The first-order chi connectivity index (χ1) is 8.94. The lowest BCUT2D eigenvalue weighted by molar-refractivity contribution is -0.122. The minimum atomic E-state index is -0.568. The van der Waals surface area contributed by atoms with Gasteiger partial charge >= 0.3 is 0 Å². The van der Waals surface area contributed by atoms with E-state index in [4.69, 9.17) is 5.26 Å². The van der Waals surface area contributed by atoms with Gasteiger partial charge in [-0.15, -0.1) is 0 Å². The molecule has 1 aliphatic rings. The van der Waals surface area contributed by atoms with Crippen molar-refractivity contribution in [2.24, 2.45) is 11.3 Å². The third kappa shape index (κ3) is 2.76. The number of nitriles is 1. The van der Waals surface area contributed by atoms with Crippen LogP contribution in [0.5, 0.6) is 0 Å². The number of hydrogen-bond donors (Lipinski definition) is 1. The number of rotatable bonds is 2. The molecular formula is C15H17FN2O. The summed E-state index contributed by atoms with van der Waals surface area (Å²) >= 11 is 0. The molecule has 1 N–H and O–H groups in total. The molecule has 0 spiro atoms. The van der Waals surface area contributed by atoms with E-state index in [-0.39, 0.29) is 22.8 Å². The predicted octanol–water partition coefficient (Wildman–Crippen LogP) is 3.46. The molecule has 4 heteroatoms. The molecule has 1 fully saturated rings. The van der Waals surface area contributed by atoms with Gasteiger partial charge in [0.2, 0.25) is 5.91 Å². The monoisotopic (exact) mass is 260 g/mol. The Morgan fingerprint density at radius 3 is 2.84 bits per heavy atom. The van der Waals surface area contributed by atoms with Gasteiger partial charge in [-0.05, 0) is 36.5 Å². The molecule has 0 bridgehead atoms. The minimum absolute atomic E-state index is 0.00215. The molecule has 0 aromatic heterocycles. The number of benzene rings is 1. The summed E-state index contributed by atoms with van der Waals surface area (Å²) in [5, 5.41) is 11.6. The van der Waals surface area contributed by atoms with Crippen molar-refractivity contribution in [3.8, 4) is 6.07 Å². The Balaban J connectivity index is 2.14. The van der Waals surface area contributed by atoms with Gasteiger partial charge in [0, 0.05) is 11.6 Å². The third-order valence-corrected chi connectivity index (χ3v) is 3.93. The van der Waals surface area contributed by atoms with Crippen LogP contribution in [0.2, 0.25) is 0 Å². The summed E-state index contributed by atoms with van der Waals surface area (Å²) in [7, 11) is 0. The molecule has 1 aromatic rings. The Morgan fingerprint density at radius 2 is 2.26 bits per heavy atom. The van der Waals surface area contributed by atoms with Crippen LogP contribution in [-0.4, -0.2) is 5.91 Å². The average Bonchev–Trinajstić information content (AvgIpc) is 2.71. The fourth-order valence-electron chi connectivity index (χ4n) is 2.73. The van der Waals surface area contributed by atoms with Gasteiger partial charge in [-0.2, -0.15) is 5.26 Å². The van der Waals surface area contributed by atoms with E-state index in [0.717, 1.165) is 19.3 Å². The fraction of sp³-hybridized carbons (Fsp3) is 0.467. The highest BCUT2D eigenvalue weighted by Gasteiger charge is 2.39. The maximum absolute atomic E-state index is 13.2. The van der Waals surface area contributed by atoms with Gasteiger partial charge in [0.15, 0.2) is 0 Å². The molecule has 1 aliphatic carbocycles. The Bertz CT molecular complexity index is 546. The van der Waals surface area contributed by atoms with Crippen LogP contribution >= 0.6 is 0 Å². The summed E-state index contributed by atoms with van der Waals surface area (Å²) in [6, 6.07) is 5.82. The molecule has 1 atom stereocenters. The zero-order chi connectivity index (χ0) is 14.0. The molecule has 0 heterocycles. The topological polar surface area (TPSA) is 52.9 Å². The zero-order valence-electron chi connectivity index (χ0n) is 11.2. The second kappa shape index (κ2) is 5.00. The molecule has 3 nitrogen and oxygen atoms in total. The van der Waals surface area contributed by atoms with Crippen LogP contribution in [0.25, 0.3) is 0 Å². The lowest BCUT2D eigenvalue weighted by Crippen LogP contribution is -2.30. The fourth-order valence-corrected chi connectivity index (χ4v) is 2.73. The second-order valence-corrected chi connectivity index (χ2v) is 5.73. The van der Waals surface area contributed by atoms with Gasteiger partial charge in [-0.3, -0.25) is 4.79 Å². The summed E-state index contributed by atoms with van der Waals surface area (Å²) < 4.78 is 13.2. The lowest BCUT2D eigenvalue weighted by atomic mass is 9.81. The van der Waals surface area contributed by atoms with E-state index in [2.05, 4.69) is 19.2 Å². The Labute approximate surface area is 112 Å². The molecule has 0 aliphatic heterocycles. The number of halogens is 1. The van der Waals surface area contributed by atoms with Crippen molar-refractivity contribution in [3.63, 3.8) is 0 Å². The van der Waals surface area contributed by atoms with E-state index in [1.54, 1.807) is 6.07 Å². The van der Waals surface area contributed by atoms with Crippen molar-refractivity contribution in [2.45, 2.75) is 33.1 Å². The first-order valence-electron chi connectivity index (χ1n) is 6.44. The summed E-state index contributed by atoms with van der Waals surface area (Å²) in [5.41, 5.74) is 0.427. The summed E-state index contributed by atoms with van der Waals surface area (Å²) in [6.45, 7) is 4.19. The number of amides is 1. The molecular weight excluding hydrogens is 243 g/mol. The SMILES string of the molecule is CC1(C)CCCC1C(=O)Nc1ccc(F)c(C#N)c1. The maximum Gasteiger partial charge on any atom is 0.228 e. The number of nitrogens with zero attached hydrogens (tertiary/aromatic N) is 1. The quantitative estimate of drug-likeness (QED) is 0.885. The van der Waals surface area contributed by atoms with Crippen LogP contribution in [0.3, 0.4) is 0 Å². The van der Waals surface area contributed by atoms with Crippen LogP contribution in [0, 0.1) is 28.5 Å². The first kappa shape index (κ1) is 13.5. The molecule has 0 saturated heterocycles. The number of carbonyl (C=O) groups is 1. The largest absolute Gasteiger partial charge is 0.326 e. The number of carbonyl (C=O) groups excluding carboxylic acids is 1. The average molecular weight is 260 g/mol. The van der Waals surface area contributed by atoms with Gasteiger partial charge in [-0.25, -0.2) is 4.39 Å². The molecule has 1 aromatic carbocycles. The first-order valence-corrected chi connectivity index (χ1v) is 6.44. The second-order valence-electron chi connectivity index (χ2n) is 5.73. The van der Waals surface area contributed by atoms with Crippen LogP contribution in [-0.2, 0) is 4.79 Å². The predicted molar refractivity (Wildman–Crippen MR) is 70.9 cm³/mol. The Morgan fingerprint density at radius 1 is 1.53 bits per heavy atom. The zero-order valence-corrected chi connectivity index (χ0v) is 11.2. The highest BCUT2D eigenvalue weighted by atomic mass is 19.1. The van der Waals surface area contributed by atoms with Gasteiger partial charge in [0.05, 0.1) is 5.56 Å². The molecule has 1 unspecified atom stereocenters. The summed E-state index contributed by atoms with van der Waals surface area (Å²) in [4.78, 5) is 12.2. The number of anilines is 1. The van der Waals surface area contributed by atoms with E-state index in [1.807, 2.05) is 0 Å². The maximum atomic E-state index is 13.2. The molecule has 2 rings (SSSR count). The van der Waals surface area contributed by atoms with Gasteiger partial charge in [-0.1, -0.05) is 20.3 Å². The van der Waals surface area contributed by atoms with Gasteiger partial charge in [0.25, 0.3) is 0 Å². The van der Waals surface area contributed by atoms with Gasteiger partial charge < -0.3 is 5.32 Å². The summed E-state index contributed by atoms with van der Waals surface area (Å²) in [5.74, 6) is -0.636. The Hall–Kier alpha value is -1.89. The van der Waals surface area contributed by atoms with E-state index >= 15 is 0 Å². The molecule has 1 amide bonds. The van der Waals surface area contributed by atoms with Gasteiger partial charge in [0.1, 0.15) is 11.9 Å². The van der Waals surface area contributed by atoms with Crippen LogP contribution < -0.4 is 5.32 Å².